The Balaban J connectivity index is 2.28. The van der Waals surface area contributed by atoms with Crippen LogP contribution in [0, 0.1) is 5.41 Å². The molecular weight excluding hydrogens is 236 g/mol. The maximum absolute atomic E-state index is 11.8. The van der Waals surface area contributed by atoms with Gasteiger partial charge < -0.3 is 21.6 Å². The molecule has 0 aliphatic heterocycles. The second-order valence-corrected chi connectivity index (χ2v) is 4.42. The number of oxime groups is 1. The number of carbonyl (C=O) groups is 2. The van der Waals surface area contributed by atoms with Crippen molar-refractivity contribution in [3.8, 4) is 0 Å². The van der Waals surface area contributed by atoms with E-state index in [2.05, 4.69) is 15.8 Å². The quantitative estimate of drug-likeness (QED) is 0.213. The molecule has 1 saturated carbocycles. The highest BCUT2D eigenvalue weighted by atomic mass is 16.4. The average molecular weight is 256 g/mol. The van der Waals surface area contributed by atoms with Crippen molar-refractivity contribution in [3.63, 3.8) is 0 Å². The summed E-state index contributed by atoms with van der Waals surface area (Å²) in [5.74, 6) is -0.428. The molecule has 1 rings (SSSR count). The fourth-order valence-electron chi connectivity index (χ4n) is 1.63. The molecular formula is C11H20N4O3. The molecule has 0 radical (unpaired) electrons. The standard InChI is InChI=1S/C11H20N4O3/c1-2-6-13-8(16)3-7-14-10(17)11(4-5-11)9(12)15-18/h18H,2-7H2,1H3,(H2,12,15)(H,13,16)(H,14,17). The van der Waals surface area contributed by atoms with Crippen LogP contribution in [0.5, 0.6) is 0 Å². The predicted molar refractivity (Wildman–Crippen MR) is 66.0 cm³/mol. The van der Waals surface area contributed by atoms with Crippen LogP contribution in [0.3, 0.4) is 0 Å². The monoisotopic (exact) mass is 256 g/mol. The lowest BCUT2D eigenvalue weighted by atomic mass is 10.1. The van der Waals surface area contributed by atoms with Crippen molar-refractivity contribution in [2.24, 2.45) is 16.3 Å². The Bertz CT molecular complexity index is 350. The van der Waals surface area contributed by atoms with E-state index in [1.165, 1.54) is 0 Å². The molecule has 7 nitrogen and oxygen atoms in total. The zero-order valence-corrected chi connectivity index (χ0v) is 10.5. The van der Waals surface area contributed by atoms with Crippen LogP contribution in [-0.2, 0) is 9.59 Å². The largest absolute Gasteiger partial charge is 0.409 e. The number of hydrogen-bond acceptors (Lipinski definition) is 4. The third-order valence-electron chi connectivity index (χ3n) is 2.99. The van der Waals surface area contributed by atoms with Crippen LogP contribution < -0.4 is 16.4 Å². The van der Waals surface area contributed by atoms with E-state index in [4.69, 9.17) is 10.9 Å². The van der Waals surface area contributed by atoms with Gasteiger partial charge in [-0.1, -0.05) is 12.1 Å². The van der Waals surface area contributed by atoms with Gasteiger partial charge in [0.15, 0.2) is 5.84 Å². The molecule has 0 spiro atoms. The number of nitrogens with zero attached hydrogens (tertiary/aromatic N) is 1. The molecule has 18 heavy (non-hydrogen) atoms. The molecule has 1 fully saturated rings. The molecule has 102 valence electrons. The van der Waals surface area contributed by atoms with Crippen molar-refractivity contribution < 1.29 is 14.8 Å². The molecule has 0 heterocycles. The Kier molecular flexibility index (Phi) is 4.94. The van der Waals surface area contributed by atoms with Crippen LogP contribution in [0.2, 0.25) is 0 Å². The van der Waals surface area contributed by atoms with E-state index < -0.39 is 5.41 Å². The molecule has 0 aromatic heterocycles. The van der Waals surface area contributed by atoms with Crippen molar-refractivity contribution in [2.45, 2.75) is 32.6 Å². The smallest absolute Gasteiger partial charge is 0.233 e. The van der Waals surface area contributed by atoms with E-state index >= 15 is 0 Å². The minimum Gasteiger partial charge on any atom is -0.409 e. The van der Waals surface area contributed by atoms with Gasteiger partial charge in [0.25, 0.3) is 0 Å². The van der Waals surface area contributed by atoms with E-state index in [-0.39, 0.29) is 30.6 Å². The molecule has 5 N–H and O–H groups in total. The molecule has 2 amide bonds. The number of carbonyl (C=O) groups excluding carboxylic acids is 2. The number of amides is 2. The SMILES string of the molecule is CCCNC(=O)CCNC(=O)C1(C(N)=NO)CC1. The minimum absolute atomic E-state index is 0.0598. The number of nitrogens with two attached hydrogens (primary N) is 1. The summed E-state index contributed by atoms with van der Waals surface area (Å²) in [4.78, 5) is 23.1. The summed E-state index contributed by atoms with van der Waals surface area (Å²) in [6, 6.07) is 0. The first-order valence-electron chi connectivity index (χ1n) is 6.10. The number of nitrogens with one attached hydrogen (secondary N) is 2. The van der Waals surface area contributed by atoms with Crippen molar-refractivity contribution in [2.75, 3.05) is 13.1 Å². The van der Waals surface area contributed by atoms with Crippen molar-refractivity contribution in [1.82, 2.24) is 10.6 Å². The zero-order chi connectivity index (χ0) is 13.6. The number of amidine groups is 1. The predicted octanol–water partition coefficient (Wildman–Crippen LogP) is -0.454. The highest BCUT2D eigenvalue weighted by molar-refractivity contribution is 6.09. The first-order chi connectivity index (χ1) is 8.56. The first kappa shape index (κ1) is 14.3. The van der Waals surface area contributed by atoms with Crippen LogP contribution in [-0.4, -0.2) is 35.9 Å². The molecule has 1 aliphatic carbocycles. The number of hydrogen-bond donors (Lipinski definition) is 4. The molecule has 0 atom stereocenters. The van der Waals surface area contributed by atoms with Crippen LogP contribution in [0.15, 0.2) is 5.16 Å². The van der Waals surface area contributed by atoms with Crippen molar-refractivity contribution in [3.05, 3.63) is 0 Å². The van der Waals surface area contributed by atoms with Crippen LogP contribution in [0.25, 0.3) is 0 Å². The van der Waals surface area contributed by atoms with E-state index in [9.17, 15) is 9.59 Å². The second kappa shape index (κ2) is 6.23. The third-order valence-corrected chi connectivity index (χ3v) is 2.99. The van der Waals surface area contributed by atoms with Crippen LogP contribution in [0.4, 0.5) is 0 Å². The van der Waals surface area contributed by atoms with Crippen molar-refractivity contribution in [1.29, 1.82) is 0 Å². The fraction of sp³-hybridized carbons (Fsp3) is 0.727. The molecule has 0 bridgehead atoms. The Morgan fingerprint density at radius 2 is 2.00 bits per heavy atom. The van der Waals surface area contributed by atoms with Gasteiger partial charge in [-0.15, -0.1) is 0 Å². The van der Waals surface area contributed by atoms with Gasteiger partial charge in [0, 0.05) is 19.5 Å². The van der Waals surface area contributed by atoms with Crippen LogP contribution in [0.1, 0.15) is 32.6 Å². The lowest BCUT2D eigenvalue weighted by molar-refractivity contribution is -0.124. The Morgan fingerprint density at radius 3 is 2.50 bits per heavy atom. The molecule has 0 saturated heterocycles. The minimum atomic E-state index is -0.853. The summed E-state index contributed by atoms with van der Waals surface area (Å²) >= 11 is 0. The second-order valence-electron chi connectivity index (χ2n) is 4.42. The highest BCUT2D eigenvalue weighted by Crippen LogP contribution is 2.45. The third kappa shape index (κ3) is 3.35. The van der Waals surface area contributed by atoms with Gasteiger partial charge in [-0.2, -0.15) is 0 Å². The molecule has 7 heteroatoms. The lowest BCUT2D eigenvalue weighted by Gasteiger charge is -2.13. The summed E-state index contributed by atoms with van der Waals surface area (Å²) < 4.78 is 0. The van der Waals surface area contributed by atoms with Gasteiger partial charge in [0.1, 0.15) is 5.41 Å². The van der Waals surface area contributed by atoms with E-state index in [0.717, 1.165) is 6.42 Å². The normalized spacial score (nSPS) is 17.1. The molecule has 0 aromatic carbocycles. The topological polar surface area (TPSA) is 117 Å². The maximum atomic E-state index is 11.8. The van der Waals surface area contributed by atoms with E-state index in [1.807, 2.05) is 6.92 Å². The van der Waals surface area contributed by atoms with Crippen molar-refractivity contribution >= 4 is 17.6 Å². The Morgan fingerprint density at radius 1 is 1.33 bits per heavy atom. The van der Waals surface area contributed by atoms with Gasteiger partial charge in [0.05, 0.1) is 0 Å². The average Bonchev–Trinajstić information content (AvgIpc) is 3.16. The summed E-state index contributed by atoms with van der Waals surface area (Å²) in [7, 11) is 0. The summed E-state index contributed by atoms with van der Waals surface area (Å²) in [6.07, 6.45) is 2.27. The van der Waals surface area contributed by atoms with Gasteiger partial charge in [-0.3, -0.25) is 9.59 Å². The van der Waals surface area contributed by atoms with E-state index in [1.54, 1.807) is 0 Å². The molecule has 1 aliphatic rings. The summed E-state index contributed by atoms with van der Waals surface area (Å²) in [5, 5.41) is 16.8. The zero-order valence-electron chi connectivity index (χ0n) is 10.5. The lowest BCUT2D eigenvalue weighted by Crippen LogP contribution is -2.42. The van der Waals surface area contributed by atoms with Gasteiger partial charge >= 0.3 is 0 Å². The molecule has 0 aromatic rings. The maximum Gasteiger partial charge on any atom is 0.233 e. The first-order valence-corrected chi connectivity index (χ1v) is 6.10. The highest BCUT2D eigenvalue weighted by Gasteiger charge is 2.54. The number of rotatable bonds is 7. The van der Waals surface area contributed by atoms with Gasteiger partial charge in [-0.25, -0.2) is 0 Å². The Labute approximate surface area is 106 Å². The summed E-state index contributed by atoms with van der Waals surface area (Å²) in [5.41, 5.74) is 4.62. The summed E-state index contributed by atoms with van der Waals surface area (Å²) in [6.45, 7) is 2.87. The van der Waals surface area contributed by atoms with Gasteiger partial charge in [-0.05, 0) is 19.3 Å². The van der Waals surface area contributed by atoms with Crippen LogP contribution >= 0.6 is 0 Å². The van der Waals surface area contributed by atoms with E-state index in [0.29, 0.717) is 19.4 Å². The Hall–Kier alpha value is -1.79. The van der Waals surface area contributed by atoms with Gasteiger partial charge in [0.2, 0.25) is 11.8 Å². The fourth-order valence-corrected chi connectivity index (χ4v) is 1.63. The molecule has 0 unspecified atom stereocenters.